The highest BCUT2D eigenvalue weighted by Crippen LogP contribution is 2.32. The Hall–Kier alpha value is -2.23. The number of amides is 1. The van der Waals surface area contributed by atoms with E-state index in [2.05, 4.69) is 39.6 Å². The van der Waals surface area contributed by atoms with E-state index in [1.165, 1.54) is 37.7 Å². The molecular formula is C21H26N3O. The minimum Gasteiger partial charge on any atom is -0.350 e. The number of carbonyl (C=O) groups is 1. The van der Waals surface area contributed by atoms with Gasteiger partial charge in [0.05, 0.1) is 11.9 Å². The van der Waals surface area contributed by atoms with E-state index in [0.717, 1.165) is 24.1 Å². The van der Waals surface area contributed by atoms with Gasteiger partial charge < -0.3 is 5.32 Å². The Morgan fingerprint density at radius 2 is 2.04 bits per heavy atom. The molecule has 4 heteroatoms. The summed E-state index contributed by atoms with van der Waals surface area (Å²) < 4.78 is 0. The van der Waals surface area contributed by atoms with Crippen LogP contribution in [0.4, 0.5) is 0 Å². The molecule has 1 fully saturated rings. The molecule has 0 atom stereocenters. The topological polar surface area (TPSA) is 54.9 Å². The van der Waals surface area contributed by atoms with Crippen molar-refractivity contribution in [3.63, 3.8) is 0 Å². The molecule has 2 aromatic rings. The number of hydrogen-bond acceptors (Lipinski definition) is 3. The summed E-state index contributed by atoms with van der Waals surface area (Å²) >= 11 is 0. The Morgan fingerprint density at radius 3 is 2.68 bits per heavy atom. The summed E-state index contributed by atoms with van der Waals surface area (Å²) in [4.78, 5) is 20.4. The van der Waals surface area contributed by atoms with Gasteiger partial charge in [-0.2, -0.15) is 0 Å². The predicted molar refractivity (Wildman–Crippen MR) is 98.6 cm³/mol. The third-order valence-corrected chi connectivity index (χ3v) is 4.96. The molecule has 1 aromatic carbocycles. The van der Waals surface area contributed by atoms with Gasteiger partial charge in [0.2, 0.25) is 0 Å². The van der Waals surface area contributed by atoms with Crippen LogP contribution in [0.5, 0.6) is 0 Å². The van der Waals surface area contributed by atoms with Crippen molar-refractivity contribution in [3.05, 3.63) is 59.2 Å². The zero-order valence-corrected chi connectivity index (χ0v) is 14.9. The first-order chi connectivity index (χ1) is 12.3. The van der Waals surface area contributed by atoms with Crippen LogP contribution in [0.2, 0.25) is 0 Å². The van der Waals surface area contributed by atoms with Gasteiger partial charge in [-0.15, -0.1) is 0 Å². The van der Waals surface area contributed by atoms with Crippen molar-refractivity contribution >= 4 is 5.91 Å². The number of aryl methyl sites for hydroxylation is 1. The van der Waals surface area contributed by atoms with Crippen molar-refractivity contribution in [2.45, 2.75) is 57.8 Å². The number of aromatic nitrogens is 2. The molecular weight excluding hydrogens is 310 g/mol. The summed E-state index contributed by atoms with van der Waals surface area (Å²) in [5.41, 5.74) is 3.81. The van der Waals surface area contributed by atoms with Gasteiger partial charge in [0.15, 0.2) is 0 Å². The number of hydrogen-bond donors (Lipinski definition) is 1. The maximum Gasteiger partial charge on any atom is 0.271 e. The molecule has 1 heterocycles. The molecule has 0 spiro atoms. The number of nitrogens with one attached hydrogen (secondary N) is 1. The Morgan fingerprint density at radius 1 is 1.20 bits per heavy atom. The van der Waals surface area contributed by atoms with Gasteiger partial charge in [0.25, 0.3) is 5.91 Å². The second kappa shape index (κ2) is 8.75. The van der Waals surface area contributed by atoms with Gasteiger partial charge in [-0.3, -0.25) is 9.78 Å². The Balaban J connectivity index is 1.47. The predicted octanol–water partition coefficient (Wildman–Crippen LogP) is 3.86. The fraction of sp³-hybridized carbons (Fsp3) is 0.476. The van der Waals surface area contributed by atoms with Crippen LogP contribution in [-0.4, -0.2) is 22.4 Å². The van der Waals surface area contributed by atoms with Crippen molar-refractivity contribution < 1.29 is 4.79 Å². The van der Waals surface area contributed by atoms with E-state index >= 15 is 0 Å². The fourth-order valence-corrected chi connectivity index (χ4v) is 3.37. The molecule has 0 unspecified atom stereocenters. The van der Waals surface area contributed by atoms with E-state index < -0.39 is 0 Å². The largest absolute Gasteiger partial charge is 0.350 e. The van der Waals surface area contributed by atoms with Crippen LogP contribution < -0.4 is 5.32 Å². The van der Waals surface area contributed by atoms with Gasteiger partial charge in [-0.25, -0.2) is 4.98 Å². The quantitative estimate of drug-likeness (QED) is 0.871. The Kier molecular flexibility index (Phi) is 6.15. The van der Waals surface area contributed by atoms with E-state index in [1.54, 1.807) is 12.4 Å². The SMILES string of the molecule is CCc1cnc(C(=O)NCCc2[c]cc(C3CCCCC3)cc2)cn1. The van der Waals surface area contributed by atoms with E-state index in [-0.39, 0.29) is 5.91 Å². The number of nitrogens with zero attached hydrogens (tertiary/aromatic N) is 2. The summed E-state index contributed by atoms with van der Waals surface area (Å²) in [5, 5.41) is 2.90. The van der Waals surface area contributed by atoms with Gasteiger partial charge in [-0.05, 0) is 48.8 Å². The minimum atomic E-state index is -0.172. The maximum absolute atomic E-state index is 12.1. The summed E-state index contributed by atoms with van der Waals surface area (Å²) in [5.74, 6) is 0.539. The highest BCUT2D eigenvalue weighted by molar-refractivity contribution is 5.91. The van der Waals surface area contributed by atoms with Crippen LogP contribution in [0.1, 0.15) is 72.3 Å². The second-order valence-corrected chi connectivity index (χ2v) is 6.73. The third kappa shape index (κ3) is 4.88. The van der Waals surface area contributed by atoms with Gasteiger partial charge >= 0.3 is 0 Å². The molecule has 1 saturated carbocycles. The fourth-order valence-electron chi connectivity index (χ4n) is 3.37. The Bertz CT molecular complexity index is 673. The van der Waals surface area contributed by atoms with E-state index in [9.17, 15) is 4.79 Å². The van der Waals surface area contributed by atoms with Crippen LogP contribution in [0.25, 0.3) is 0 Å². The Labute approximate surface area is 150 Å². The lowest BCUT2D eigenvalue weighted by Gasteiger charge is -2.22. The zero-order chi connectivity index (χ0) is 17.5. The lowest BCUT2D eigenvalue weighted by Crippen LogP contribution is -2.26. The molecule has 1 amide bonds. The minimum absolute atomic E-state index is 0.172. The molecule has 0 bridgehead atoms. The van der Waals surface area contributed by atoms with E-state index in [4.69, 9.17) is 0 Å². The van der Waals surface area contributed by atoms with Crippen molar-refractivity contribution in [1.29, 1.82) is 0 Å². The third-order valence-electron chi connectivity index (χ3n) is 4.96. The second-order valence-electron chi connectivity index (χ2n) is 6.73. The van der Waals surface area contributed by atoms with Crippen molar-refractivity contribution in [2.24, 2.45) is 0 Å². The first-order valence-corrected chi connectivity index (χ1v) is 9.36. The molecule has 131 valence electrons. The molecule has 1 aromatic heterocycles. The van der Waals surface area contributed by atoms with E-state index in [0.29, 0.717) is 18.2 Å². The standard InChI is InChI=1S/C21H26N3O/c1-2-19-14-24-20(15-23-19)21(25)22-13-12-16-8-10-18(11-9-16)17-6-4-3-5-7-17/h8,10-11,14-15,17H,2-7,12-13H2,1H3,(H,22,25). The highest BCUT2D eigenvalue weighted by atomic mass is 16.1. The normalized spacial score (nSPS) is 15.1. The molecule has 0 aliphatic heterocycles. The lowest BCUT2D eigenvalue weighted by molar-refractivity contribution is 0.0948. The van der Waals surface area contributed by atoms with Crippen molar-refractivity contribution in [2.75, 3.05) is 6.54 Å². The molecule has 3 rings (SSSR count). The number of benzene rings is 1. The molecule has 1 aliphatic rings. The van der Waals surface area contributed by atoms with Crippen LogP contribution >= 0.6 is 0 Å². The molecule has 4 nitrogen and oxygen atoms in total. The first-order valence-electron chi connectivity index (χ1n) is 9.36. The van der Waals surface area contributed by atoms with Crippen LogP contribution in [0.15, 0.2) is 30.6 Å². The molecule has 25 heavy (non-hydrogen) atoms. The smallest absolute Gasteiger partial charge is 0.271 e. The monoisotopic (exact) mass is 336 g/mol. The average Bonchev–Trinajstić information content (AvgIpc) is 2.69. The van der Waals surface area contributed by atoms with Crippen molar-refractivity contribution in [1.82, 2.24) is 15.3 Å². The zero-order valence-electron chi connectivity index (χ0n) is 14.9. The lowest BCUT2D eigenvalue weighted by atomic mass is 9.84. The summed E-state index contributed by atoms with van der Waals surface area (Å²) in [6.45, 7) is 2.59. The van der Waals surface area contributed by atoms with E-state index in [1.807, 2.05) is 6.92 Å². The van der Waals surface area contributed by atoms with Gasteiger partial charge in [0.1, 0.15) is 5.69 Å². The van der Waals surface area contributed by atoms with Crippen LogP contribution in [0, 0.1) is 6.07 Å². The number of carbonyl (C=O) groups excluding carboxylic acids is 1. The average molecular weight is 336 g/mol. The molecule has 1 N–H and O–H groups in total. The summed E-state index contributed by atoms with van der Waals surface area (Å²) in [7, 11) is 0. The summed E-state index contributed by atoms with van der Waals surface area (Å²) in [6, 6.07) is 9.90. The molecule has 0 saturated heterocycles. The van der Waals surface area contributed by atoms with Crippen LogP contribution in [-0.2, 0) is 12.8 Å². The van der Waals surface area contributed by atoms with Crippen LogP contribution in [0.3, 0.4) is 0 Å². The first kappa shape index (κ1) is 17.6. The molecule has 1 radical (unpaired) electrons. The highest BCUT2D eigenvalue weighted by Gasteiger charge is 2.15. The molecule has 1 aliphatic carbocycles. The van der Waals surface area contributed by atoms with Gasteiger partial charge in [0, 0.05) is 12.7 Å². The maximum atomic E-state index is 12.1. The summed E-state index contributed by atoms with van der Waals surface area (Å²) in [6.07, 6.45) is 11.5. The number of rotatable bonds is 6. The van der Waals surface area contributed by atoms with Crippen molar-refractivity contribution in [3.8, 4) is 0 Å². The van der Waals surface area contributed by atoms with Gasteiger partial charge in [-0.1, -0.05) is 44.4 Å².